The van der Waals surface area contributed by atoms with E-state index < -0.39 is 0 Å². The average Bonchev–Trinajstić information content (AvgIpc) is 3.81. The Bertz CT molecular complexity index is 3690. The number of phenolic OH excluding ortho intramolecular Hbond substituents is 1. The van der Waals surface area contributed by atoms with Gasteiger partial charge in [-0.25, -0.2) is 4.98 Å². The molecule has 0 aliphatic heterocycles. The van der Waals surface area contributed by atoms with Gasteiger partial charge in [0.25, 0.3) is 0 Å². The molecule has 1 N–H and O–H groups in total. The van der Waals surface area contributed by atoms with Crippen LogP contribution in [-0.4, -0.2) is 19.6 Å². The Balaban J connectivity index is 1.16. The van der Waals surface area contributed by atoms with Gasteiger partial charge in [0.2, 0.25) is 0 Å². The van der Waals surface area contributed by atoms with Crippen molar-refractivity contribution in [3.63, 3.8) is 0 Å². The number of phenols is 1. The van der Waals surface area contributed by atoms with E-state index in [1.165, 1.54) is 16.7 Å². The van der Waals surface area contributed by atoms with Crippen LogP contribution < -0.4 is 0 Å². The van der Waals surface area contributed by atoms with Crippen LogP contribution in [0.25, 0.3) is 106 Å². The van der Waals surface area contributed by atoms with E-state index in [4.69, 9.17) is 9.97 Å². The van der Waals surface area contributed by atoms with Crippen molar-refractivity contribution in [2.75, 3.05) is 0 Å². The van der Waals surface area contributed by atoms with Gasteiger partial charge in [-0.05, 0) is 146 Å². The zero-order valence-corrected chi connectivity index (χ0v) is 40.8. The summed E-state index contributed by atoms with van der Waals surface area (Å²) in [7, 11) is 0. The molecule has 344 valence electrons. The normalized spacial score (nSPS) is 11.5. The first-order chi connectivity index (χ1) is 34.7. The summed E-state index contributed by atoms with van der Waals surface area (Å²) in [6, 6.07) is 77.6. The number of rotatable bonds is 11. The second kappa shape index (κ2) is 19.1. The topological polar surface area (TPSA) is 50.9 Å². The maximum Gasteiger partial charge on any atom is 0.149 e. The first-order valence-corrected chi connectivity index (χ1v) is 24.7. The van der Waals surface area contributed by atoms with E-state index in [-0.39, 0.29) is 17.6 Å². The van der Waals surface area contributed by atoms with Crippen molar-refractivity contribution < 1.29 is 5.11 Å². The molecule has 71 heavy (non-hydrogen) atoms. The molecule has 0 radical (unpaired) electrons. The maximum absolute atomic E-state index is 12.5. The monoisotopic (exact) mass is 917 g/mol. The molecule has 0 saturated heterocycles. The van der Waals surface area contributed by atoms with Gasteiger partial charge in [0.1, 0.15) is 11.6 Å². The minimum atomic E-state index is 0.0877. The molecular weight excluding hydrogens is 863 g/mol. The summed E-state index contributed by atoms with van der Waals surface area (Å²) in [5.74, 6) is 1.25. The lowest BCUT2D eigenvalue weighted by Gasteiger charge is -2.21. The third-order valence-electron chi connectivity index (χ3n) is 13.9. The van der Waals surface area contributed by atoms with Crippen molar-refractivity contribution in [3.8, 4) is 101 Å². The number of benzene rings is 9. The van der Waals surface area contributed by atoms with Crippen LogP contribution >= 0.6 is 0 Å². The Morgan fingerprint density at radius 2 is 0.958 bits per heavy atom. The molecule has 11 rings (SSSR count). The van der Waals surface area contributed by atoms with E-state index in [9.17, 15) is 5.11 Å². The van der Waals surface area contributed by atoms with Gasteiger partial charge in [-0.2, -0.15) is 0 Å². The van der Waals surface area contributed by atoms with E-state index in [2.05, 4.69) is 252 Å². The summed E-state index contributed by atoms with van der Waals surface area (Å²) in [4.78, 5) is 10.7. The summed E-state index contributed by atoms with van der Waals surface area (Å²) < 4.78 is 2.30. The first-order valence-electron chi connectivity index (χ1n) is 24.7. The van der Waals surface area contributed by atoms with Crippen LogP contribution in [0.15, 0.2) is 225 Å². The fraction of sp³-hybridized carbons (Fsp3) is 0.104. The summed E-state index contributed by atoms with van der Waals surface area (Å²) in [6.07, 6.45) is 1.91. The van der Waals surface area contributed by atoms with E-state index >= 15 is 0 Å². The van der Waals surface area contributed by atoms with Gasteiger partial charge in [-0.3, -0.25) is 9.55 Å². The molecule has 0 bridgehead atoms. The molecule has 0 amide bonds. The lowest BCUT2D eigenvalue weighted by Crippen LogP contribution is -2.04. The Morgan fingerprint density at radius 1 is 0.408 bits per heavy atom. The Hall–Kier alpha value is -8.60. The number of pyridine rings is 1. The zero-order valence-electron chi connectivity index (χ0n) is 40.8. The fourth-order valence-corrected chi connectivity index (χ4v) is 10.0. The Kier molecular flexibility index (Phi) is 12.0. The number of aryl methyl sites for hydroxylation is 1. The molecule has 4 nitrogen and oxygen atoms in total. The van der Waals surface area contributed by atoms with Gasteiger partial charge in [-0.15, -0.1) is 0 Å². The van der Waals surface area contributed by atoms with Gasteiger partial charge in [0, 0.05) is 22.9 Å². The van der Waals surface area contributed by atoms with Crippen molar-refractivity contribution >= 4 is 11.0 Å². The first kappa shape index (κ1) is 44.9. The molecule has 2 heterocycles. The molecule has 2 aromatic heterocycles. The number of aromatic hydroxyl groups is 1. The van der Waals surface area contributed by atoms with E-state index in [1.807, 2.05) is 12.3 Å². The highest BCUT2D eigenvalue weighted by Crippen LogP contribution is 2.45. The summed E-state index contributed by atoms with van der Waals surface area (Å²) >= 11 is 0. The predicted molar refractivity (Wildman–Crippen MR) is 297 cm³/mol. The van der Waals surface area contributed by atoms with E-state index in [1.54, 1.807) is 0 Å². The fourth-order valence-electron chi connectivity index (χ4n) is 10.0. The maximum atomic E-state index is 12.5. The number of hydrogen-bond donors (Lipinski definition) is 1. The van der Waals surface area contributed by atoms with Crippen molar-refractivity contribution in [1.29, 1.82) is 0 Å². The summed E-state index contributed by atoms with van der Waals surface area (Å²) in [5, 5.41) is 12.5. The second-order valence-corrected chi connectivity index (χ2v) is 19.2. The van der Waals surface area contributed by atoms with Crippen LogP contribution in [0.1, 0.15) is 56.2 Å². The van der Waals surface area contributed by atoms with Gasteiger partial charge in [0.05, 0.1) is 28.0 Å². The summed E-state index contributed by atoms with van der Waals surface area (Å²) in [5.41, 5.74) is 21.8. The van der Waals surface area contributed by atoms with Crippen LogP contribution in [-0.2, 0) is 0 Å². The lowest BCUT2D eigenvalue weighted by atomic mass is 9.91. The van der Waals surface area contributed by atoms with Crippen LogP contribution in [0.4, 0.5) is 0 Å². The molecule has 0 aliphatic rings. The minimum Gasteiger partial charge on any atom is -0.507 e. The highest BCUT2D eigenvalue weighted by Gasteiger charge is 2.26. The number of para-hydroxylation sites is 1. The van der Waals surface area contributed by atoms with Crippen molar-refractivity contribution in [3.05, 3.63) is 241 Å². The standard InChI is InChI=1S/C67H55N3O/c1-43(2)53-39-58(44(3)4)66(71)61(40-53)67-69-65-57(27-18-28-63(65)70(67)64-42-59(50-23-14-8-15-24-50)45(5)35-60(64)51-25-16-9-17-26-51)55-36-54(47-21-12-7-13-22-47)37-56(38-55)62-41-52(33-34-68-62)49-31-29-48(30-32-49)46-19-10-6-11-20-46/h6-44,71H,1-5H3. The third-order valence-corrected chi connectivity index (χ3v) is 13.9. The van der Waals surface area contributed by atoms with Crippen LogP contribution in [0, 0.1) is 6.92 Å². The smallest absolute Gasteiger partial charge is 0.149 e. The van der Waals surface area contributed by atoms with Gasteiger partial charge in [0.15, 0.2) is 0 Å². The SMILES string of the molecule is Cc1cc(-c2ccccc2)c(-n2c(-c3cc(C(C)C)cc(C(C)C)c3O)nc3c(-c4cc(-c5ccccc5)cc(-c5cc(-c6ccc(-c7ccccc7)cc6)ccn5)c4)cccc32)cc1-c1ccccc1. The number of nitrogens with zero attached hydrogens (tertiary/aromatic N) is 3. The highest BCUT2D eigenvalue weighted by molar-refractivity contribution is 5.99. The van der Waals surface area contributed by atoms with Crippen molar-refractivity contribution in [1.82, 2.24) is 14.5 Å². The van der Waals surface area contributed by atoms with Gasteiger partial charge >= 0.3 is 0 Å². The largest absolute Gasteiger partial charge is 0.507 e. The molecular formula is C67H55N3O. The van der Waals surface area contributed by atoms with Crippen molar-refractivity contribution in [2.24, 2.45) is 0 Å². The lowest BCUT2D eigenvalue weighted by molar-refractivity contribution is 0.466. The molecule has 11 aromatic rings. The quantitative estimate of drug-likeness (QED) is 0.141. The summed E-state index contributed by atoms with van der Waals surface area (Å²) in [6.45, 7) is 10.9. The highest BCUT2D eigenvalue weighted by atomic mass is 16.3. The second-order valence-electron chi connectivity index (χ2n) is 19.2. The molecule has 0 saturated carbocycles. The number of imidazole rings is 1. The predicted octanol–water partition coefficient (Wildman–Crippen LogP) is 18.0. The van der Waals surface area contributed by atoms with Gasteiger partial charge < -0.3 is 5.11 Å². The van der Waals surface area contributed by atoms with Crippen molar-refractivity contribution in [2.45, 2.75) is 46.5 Å². The molecule has 0 aliphatic carbocycles. The Morgan fingerprint density at radius 3 is 1.58 bits per heavy atom. The number of hydrogen-bond acceptors (Lipinski definition) is 3. The number of aromatic nitrogens is 3. The average molecular weight is 918 g/mol. The van der Waals surface area contributed by atoms with E-state index in [0.29, 0.717) is 11.4 Å². The number of fused-ring (bicyclic) bond motifs is 1. The van der Waals surface area contributed by atoms with Crippen LogP contribution in [0.5, 0.6) is 5.75 Å². The molecule has 0 atom stereocenters. The molecule has 4 heteroatoms. The third kappa shape index (κ3) is 8.74. The molecule has 0 fully saturated rings. The zero-order chi connectivity index (χ0) is 48.6. The van der Waals surface area contributed by atoms with E-state index in [0.717, 1.165) is 94.7 Å². The minimum absolute atomic E-state index is 0.0877. The van der Waals surface area contributed by atoms with Gasteiger partial charge in [-0.1, -0.05) is 191 Å². The Labute approximate surface area is 417 Å². The molecule has 0 spiro atoms. The van der Waals surface area contributed by atoms with Crippen LogP contribution in [0.3, 0.4) is 0 Å². The molecule has 9 aromatic carbocycles. The van der Waals surface area contributed by atoms with Crippen LogP contribution in [0.2, 0.25) is 0 Å². The molecule has 0 unspecified atom stereocenters.